The number of hydrogen-bond acceptors (Lipinski definition) is 2. The number of hydrogen-bond donors (Lipinski definition) is 1. The van der Waals surface area contributed by atoms with Gasteiger partial charge in [-0.15, -0.1) is 0 Å². The highest BCUT2D eigenvalue weighted by Gasteiger charge is 2.35. The van der Waals surface area contributed by atoms with Gasteiger partial charge < -0.3 is 5.11 Å². The van der Waals surface area contributed by atoms with Gasteiger partial charge in [-0.25, -0.2) is 0 Å². The van der Waals surface area contributed by atoms with Crippen LogP contribution in [0.4, 0.5) is 0 Å². The summed E-state index contributed by atoms with van der Waals surface area (Å²) < 4.78 is 0. The Labute approximate surface area is 115 Å². The number of rotatable bonds is 6. The van der Waals surface area contributed by atoms with Crippen molar-refractivity contribution >= 4 is 5.97 Å². The number of carbonyl (C=O) groups is 1. The van der Waals surface area contributed by atoms with Crippen molar-refractivity contribution < 1.29 is 9.90 Å². The lowest BCUT2D eigenvalue weighted by Crippen LogP contribution is -2.32. The molecule has 0 amide bonds. The average Bonchev–Trinajstić information content (AvgIpc) is 3.22. The number of carboxylic acids is 1. The van der Waals surface area contributed by atoms with E-state index in [2.05, 4.69) is 26.0 Å². The Morgan fingerprint density at radius 2 is 1.84 bits per heavy atom. The predicted octanol–water partition coefficient (Wildman–Crippen LogP) is 3.42. The Kier molecular flexibility index (Phi) is 4.25. The van der Waals surface area contributed by atoms with E-state index in [1.165, 1.54) is 5.56 Å². The van der Waals surface area contributed by atoms with Gasteiger partial charge in [-0.05, 0) is 43.4 Å². The van der Waals surface area contributed by atoms with Gasteiger partial charge in [0.15, 0.2) is 0 Å². The topological polar surface area (TPSA) is 40.5 Å². The maximum Gasteiger partial charge on any atom is 0.325 e. The van der Waals surface area contributed by atoms with E-state index in [-0.39, 0.29) is 0 Å². The third kappa shape index (κ3) is 3.16. The molecule has 0 saturated heterocycles. The third-order valence-electron chi connectivity index (χ3n) is 4.20. The first-order chi connectivity index (χ1) is 9.04. The fraction of sp³-hybridized carbons (Fsp3) is 0.562. The van der Waals surface area contributed by atoms with Crippen molar-refractivity contribution in [1.82, 2.24) is 4.90 Å². The molecule has 0 aromatic heterocycles. The van der Waals surface area contributed by atoms with Gasteiger partial charge in [-0.2, -0.15) is 0 Å². The van der Waals surface area contributed by atoms with Crippen molar-refractivity contribution in [2.75, 3.05) is 7.05 Å². The molecule has 0 aliphatic heterocycles. The van der Waals surface area contributed by atoms with Crippen molar-refractivity contribution in [3.8, 4) is 0 Å². The van der Waals surface area contributed by atoms with Gasteiger partial charge in [0, 0.05) is 6.04 Å². The first-order valence-corrected chi connectivity index (χ1v) is 7.09. The molecule has 1 N–H and O–H groups in total. The van der Waals surface area contributed by atoms with Crippen molar-refractivity contribution in [3.63, 3.8) is 0 Å². The van der Waals surface area contributed by atoms with Crippen molar-refractivity contribution in [3.05, 3.63) is 35.4 Å². The second-order valence-corrected chi connectivity index (χ2v) is 5.61. The minimum atomic E-state index is -0.759. The van der Waals surface area contributed by atoms with Crippen LogP contribution in [0.5, 0.6) is 0 Å². The van der Waals surface area contributed by atoms with Gasteiger partial charge in [0.1, 0.15) is 6.04 Å². The van der Waals surface area contributed by atoms with Crippen molar-refractivity contribution in [2.45, 2.75) is 51.1 Å². The second kappa shape index (κ2) is 5.74. The monoisotopic (exact) mass is 261 g/mol. The summed E-state index contributed by atoms with van der Waals surface area (Å²) in [5.74, 6) is -0.232. The maximum absolute atomic E-state index is 11.5. The van der Waals surface area contributed by atoms with E-state index in [9.17, 15) is 9.90 Å². The van der Waals surface area contributed by atoms with Crippen LogP contribution < -0.4 is 0 Å². The molecule has 3 heteroatoms. The molecule has 1 aliphatic carbocycles. The van der Waals surface area contributed by atoms with Gasteiger partial charge >= 0.3 is 5.97 Å². The van der Waals surface area contributed by atoms with Crippen LogP contribution in [0.15, 0.2) is 24.3 Å². The Morgan fingerprint density at radius 3 is 2.26 bits per heavy atom. The lowest BCUT2D eigenvalue weighted by molar-refractivity contribution is -0.143. The smallest absolute Gasteiger partial charge is 0.325 e. The predicted molar refractivity (Wildman–Crippen MR) is 76.3 cm³/mol. The molecular formula is C16H23NO2. The van der Waals surface area contributed by atoms with Gasteiger partial charge in [-0.1, -0.05) is 38.1 Å². The molecule has 2 unspecified atom stereocenters. The van der Waals surface area contributed by atoms with Gasteiger partial charge in [-0.3, -0.25) is 9.69 Å². The van der Waals surface area contributed by atoms with E-state index < -0.39 is 12.0 Å². The first kappa shape index (κ1) is 14.1. The van der Waals surface area contributed by atoms with Crippen LogP contribution in [0.2, 0.25) is 0 Å². The number of carboxylic acid groups (broad SMARTS) is 1. The quantitative estimate of drug-likeness (QED) is 0.853. The zero-order valence-corrected chi connectivity index (χ0v) is 12.0. The fourth-order valence-corrected chi connectivity index (χ4v) is 2.49. The lowest BCUT2D eigenvalue weighted by atomic mass is 9.95. The molecule has 1 aromatic rings. The zero-order valence-electron chi connectivity index (χ0n) is 12.0. The third-order valence-corrected chi connectivity index (χ3v) is 4.20. The molecule has 19 heavy (non-hydrogen) atoms. The molecular weight excluding hydrogens is 238 g/mol. The Hall–Kier alpha value is -1.35. The Bertz CT molecular complexity index is 437. The molecule has 1 saturated carbocycles. The van der Waals surface area contributed by atoms with Gasteiger partial charge in [0.05, 0.1) is 0 Å². The van der Waals surface area contributed by atoms with Crippen LogP contribution in [0.1, 0.15) is 56.2 Å². The molecule has 1 fully saturated rings. The van der Waals surface area contributed by atoms with Crippen molar-refractivity contribution in [1.29, 1.82) is 0 Å². The highest BCUT2D eigenvalue weighted by atomic mass is 16.4. The maximum atomic E-state index is 11.5. The summed E-state index contributed by atoms with van der Waals surface area (Å²) in [4.78, 5) is 13.5. The van der Waals surface area contributed by atoms with Crippen LogP contribution in [0.3, 0.4) is 0 Å². The van der Waals surface area contributed by atoms with Crippen molar-refractivity contribution in [2.24, 2.45) is 0 Å². The van der Waals surface area contributed by atoms with E-state index in [4.69, 9.17) is 0 Å². The Morgan fingerprint density at radius 1 is 1.32 bits per heavy atom. The number of nitrogens with zero attached hydrogens (tertiary/aromatic N) is 1. The molecule has 0 radical (unpaired) electrons. The molecule has 0 heterocycles. The van der Waals surface area contributed by atoms with Gasteiger partial charge in [0.25, 0.3) is 0 Å². The van der Waals surface area contributed by atoms with E-state index in [1.54, 1.807) is 0 Å². The summed E-state index contributed by atoms with van der Waals surface area (Å²) in [6.07, 6.45) is 3.33. The van der Waals surface area contributed by atoms with Gasteiger partial charge in [0.2, 0.25) is 0 Å². The molecule has 1 aliphatic rings. The normalized spacial score (nSPS) is 18.3. The van der Waals surface area contributed by atoms with Crippen LogP contribution >= 0.6 is 0 Å². The van der Waals surface area contributed by atoms with Crippen LogP contribution in [-0.2, 0) is 4.79 Å². The summed E-state index contributed by atoms with van der Waals surface area (Å²) in [5.41, 5.74) is 2.17. The lowest BCUT2D eigenvalue weighted by Gasteiger charge is -2.25. The summed E-state index contributed by atoms with van der Waals surface area (Å²) in [7, 11) is 1.92. The fourth-order valence-electron chi connectivity index (χ4n) is 2.49. The molecule has 3 nitrogen and oxygen atoms in total. The van der Waals surface area contributed by atoms with Crippen LogP contribution in [0.25, 0.3) is 0 Å². The Balaban J connectivity index is 2.19. The summed E-state index contributed by atoms with van der Waals surface area (Å²) in [6.45, 7) is 4.36. The largest absolute Gasteiger partial charge is 0.480 e. The molecule has 0 bridgehead atoms. The van der Waals surface area contributed by atoms with E-state index in [1.807, 2.05) is 24.1 Å². The highest BCUT2D eigenvalue weighted by Crippen LogP contribution is 2.33. The second-order valence-electron chi connectivity index (χ2n) is 5.61. The van der Waals surface area contributed by atoms with E-state index >= 15 is 0 Å². The molecule has 0 spiro atoms. The first-order valence-electron chi connectivity index (χ1n) is 7.09. The molecule has 104 valence electrons. The average molecular weight is 261 g/mol. The standard InChI is InChI=1S/C16H23NO2/c1-4-11(2)12-5-7-13(8-6-12)15(16(18)19)17(3)14-9-10-14/h5-8,11,14-15H,4,9-10H2,1-3H3,(H,18,19). The number of aliphatic carboxylic acids is 1. The minimum Gasteiger partial charge on any atom is -0.480 e. The summed E-state index contributed by atoms with van der Waals surface area (Å²) in [6, 6.07) is 8.01. The van der Waals surface area contributed by atoms with E-state index in [0.29, 0.717) is 12.0 Å². The summed E-state index contributed by atoms with van der Waals surface area (Å²) in [5, 5.41) is 9.46. The van der Waals surface area contributed by atoms with Crippen LogP contribution in [-0.4, -0.2) is 29.1 Å². The molecule has 2 rings (SSSR count). The number of likely N-dealkylation sites (N-methyl/N-ethyl adjacent to an activating group) is 1. The van der Waals surface area contributed by atoms with E-state index in [0.717, 1.165) is 24.8 Å². The molecule has 1 aromatic carbocycles. The zero-order chi connectivity index (χ0) is 14.0. The summed E-state index contributed by atoms with van der Waals surface area (Å²) >= 11 is 0. The SMILES string of the molecule is CCC(C)c1ccc(C(C(=O)O)N(C)C2CC2)cc1. The van der Waals surface area contributed by atoms with Crippen LogP contribution in [0, 0.1) is 0 Å². The highest BCUT2D eigenvalue weighted by molar-refractivity contribution is 5.75. The number of benzene rings is 1. The minimum absolute atomic E-state index is 0.440. The molecule has 2 atom stereocenters.